The molecule has 0 spiro atoms. The molecule has 0 saturated heterocycles. The fraction of sp³-hybridized carbons (Fsp3) is 0.125. The van der Waals surface area contributed by atoms with E-state index in [1.54, 1.807) is 0 Å². The molecule has 0 atom stereocenters. The number of rotatable bonds is 4. The number of carbonyl (C=O) groups excluding carboxylic acids is 2. The van der Waals surface area contributed by atoms with Crippen LogP contribution in [0.2, 0.25) is 0 Å². The highest BCUT2D eigenvalue weighted by Crippen LogP contribution is 2.35. The molecule has 0 fully saturated rings. The first-order chi connectivity index (χ1) is 15.3. The second kappa shape index (κ2) is 9.76. The zero-order valence-corrected chi connectivity index (χ0v) is 21.8. The summed E-state index contributed by atoms with van der Waals surface area (Å²) >= 11 is 3.05. The molecule has 2 amide bonds. The molecule has 34 heavy (non-hydrogen) atoms. The molecule has 2 rings (SSSR count). The van der Waals surface area contributed by atoms with Crippen LogP contribution in [0.1, 0.15) is 0 Å². The molecule has 186 valence electrons. The maximum absolute atomic E-state index is 13.3. The Morgan fingerprint density at radius 1 is 0.647 bits per heavy atom. The van der Waals surface area contributed by atoms with E-state index < -0.39 is 62.9 Å². The van der Waals surface area contributed by atoms with Gasteiger partial charge in [-0.05, 0) is 81.6 Å². The van der Waals surface area contributed by atoms with Gasteiger partial charge in [0.25, 0.3) is 0 Å². The summed E-state index contributed by atoms with van der Waals surface area (Å²) in [6, 6.07) is 7.26. The first kappa shape index (κ1) is 28.6. The highest BCUT2D eigenvalue weighted by Gasteiger charge is 2.58. The Bertz CT molecular complexity index is 1240. The number of amides is 2. The third-order valence-electron chi connectivity index (χ3n) is 3.70. The van der Waals surface area contributed by atoms with Crippen LogP contribution in [0.5, 0.6) is 0 Å². The van der Waals surface area contributed by atoms with Crippen molar-refractivity contribution in [3.63, 3.8) is 0 Å². The standard InChI is InChI=1S/C16H8F6I2N2O6S2/c17-15(18,19)33(29,30)25(11-5-1-3-9(23)7-11)13(27)14(28)26(34(31,32)16(20,21)22)12-6-2-4-10(24)8-12/h1-8H. The summed E-state index contributed by atoms with van der Waals surface area (Å²) in [6.45, 7) is 0. The van der Waals surface area contributed by atoms with Crippen LogP contribution in [0, 0.1) is 7.14 Å². The van der Waals surface area contributed by atoms with Gasteiger partial charge in [0, 0.05) is 7.14 Å². The lowest BCUT2D eigenvalue weighted by Gasteiger charge is -2.27. The third-order valence-corrected chi connectivity index (χ3v) is 7.93. The van der Waals surface area contributed by atoms with Gasteiger partial charge in [-0.3, -0.25) is 9.59 Å². The van der Waals surface area contributed by atoms with Crippen LogP contribution in [0.15, 0.2) is 48.5 Å². The summed E-state index contributed by atoms with van der Waals surface area (Å²) < 4.78 is 126. The minimum absolute atomic E-state index is 0.0788. The van der Waals surface area contributed by atoms with Crippen molar-refractivity contribution in [2.24, 2.45) is 0 Å². The van der Waals surface area contributed by atoms with Gasteiger partial charge in [-0.2, -0.15) is 51.8 Å². The van der Waals surface area contributed by atoms with E-state index in [-0.39, 0.29) is 7.14 Å². The van der Waals surface area contributed by atoms with Crippen molar-refractivity contribution >= 4 is 88.4 Å². The predicted molar refractivity (Wildman–Crippen MR) is 123 cm³/mol. The predicted octanol–water partition coefficient (Wildman–Crippen LogP) is 3.96. The third kappa shape index (κ3) is 5.58. The van der Waals surface area contributed by atoms with Gasteiger partial charge in [-0.15, -0.1) is 0 Å². The SMILES string of the molecule is O=C(C(=O)N(c1cccc(I)c1)S(=O)(=O)C(F)(F)F)N(c1cccc(I)c1)S(=O)(=O)C(F)(F)F. The molecule has 0 radical (unpaired) electrons. The number of anilines is 2. The lowest BCUT2D eigenvalue weighted by atomic mass is 10.3. The van der Waals surface area contributed by atoms with E-state index in [0.29, 0.717) is 24.3 Å². The zero-order chi connectivity index (χ0) is 26.3. The molecule has 0 aromatic heterocycles. The van der Waals surface area contributed by atoms with Gasteiger partial charge in [-0.25, -0.2) is 0 Å². The molecule has 0 saturated carbocycles. The van der Waals surface area contributed by atoms with Crippen molar-refractivity contribution in [3.05, 3.63) is 55.7 Å². The summed E-state index contributed by atoms with van der Waals surface area (Å²) in [7, 11) is -13.4. The van der Waals surface area contributed by atoms with Gasteiger partial charge in [0.2, 0.25) is 0 Å². The second-order valence-electron chi connectivity index (χ2n) is 6.00. The number of alkyl halides is 6. The van der Waals surface area contributed by atoms with Crippen molar-refractivity contribution in [3.8, 4) is 0 Å². The van der Waals surface area contributed by atoms with Crippen molar-refractivity contribution in [2.45, 2.75) is 11.0 Å². The van der Waals surface area contributed by atoms with Crippen LogP contribution in [0.4, 0.5) is 37.7 Å². The van der Waals surface area contributed by atoms with Crippen LogP contribution in [0.25, 0.3) is 0 Å². The van der Waals surface area contributed by atoms with E-state index >= 15 is 0 Å². The Balaban J connectivity index is 2.81. The maximum atomic E-state index is 13.3. The van der Waals surface area contributed by atoms with Crippen molar-refractivity contribution in [1.29, 1.82) is 0 Å². The Morgan fingerprint density at radius 3 is 1.18 bits per heavy atom. The zero-order valence-electron chi connectivity index (χ0n) is 15.8. The summed E-state index contributed by atoms with van der Waals surface area (Å²) in [4.78, 5) is 25.5. The molecule has 2 aromatic rings. The number of benzene rings is 2. The molecule has 0 aliphatic heterocycles. The summed E-state index contributed by atoms with van der Waals surface area (Å²) in [5, 5.41) is 0. The monoisotopic (exact) mass is 756 g/mol. The number of carbonyl (C=O) groups is 2. The highest BCUT2D eigenvalue weighted by molar-refractivity contribution is 14.1. The fourth-order valence-electron chi connectivity index (χ4n) is 2.32. The lowest BCUT2D eigenvalue weighted by Crippen LogP contribution is -2.54. The van der Waals surface area contributed by atoms with Gasteiger partial charge in [-0.1, -0.05) is 12.1 Å². The van der Waals surface area contributed by atoms with E-state index in [1.165, 1.54) is 57.3 Å². The summed E-state index contributed by atoms with van der Waals surface area (Å²) in [5.74, 6) is -5.43. The molecule has 0 heterocycles. The Kier molecular flexibility index (Phi) is 8.20. The van der Waals surface area contributed by atoms with Crippen LogP contribution in [-0.4, -0.2) is 39.7 Å². The van der Waals surface area contributed by atoms with Crippen molar-refractivity contribution < 1.29 is 52.8 Å². The van der Waals surface area contributed by atoms with Crippen LogP contribution >= 0.6 is 45.2 Å². The van der Waals surface area contributed by atoms with Crippen LogP contribution < -0.4 is 8.61 Å². The minimum Gasteiger partial charge on any atom is -0.262 e. The summed E-state index contributed by atoms with van der Waals surface area (Å²) in [6.07, 6.45) is 0. The van der Waals surface area contributed by atoms with Gasteiger partial charge >= 0.3 is 42.9 Å². The van der Waals surface area contributed by atoms with Crippen LogP contribution in [0.3, 0.4) is 0 Å². The Hall–Kier alpha value is -1.68. The molecule has 0 N–H and O–H groups in total. The van der Waals surface area contributed by atoms with Crippen molar-refractivity contribution in [2.75, 3.05) is 8.61 Å². The first-order valence-corrected chi connectivity index (χ1v) is 13.2. The number of nitrogens with zero attached hydrogens (tertiary/aromatic N) is 2. The van der Waals surface area contributed by atoms with Gasteiger partial charge < -0.3 is 0 Å². The quantitative estimate of drug-likeness (QED) is 0.266. The Morgan fingerprint density at radius 2 is 0.941 bits per heavy atom. The van der Waals surface area contributed by atoms with E-state index in [9.17, 15) is 52.8 Å². The van der Waals surface area contributed by atoms with E-state index in [0.717, 1.165) is 12.1 Å². The smallest absolute Gasteiger partial charge is 0.262 e. The first-order valence-electron chi connectivity index (χ1n) is 8.15. The molecular formula is C16H8F6I2N2O6S2. The average Bonchev–Trinajstić information content (AvgIpc) is 2.66. The normalized spacial score (nSPS) is 12.8. The Labute approximate surface area is 215 Å². The number of hydrogen-bond acceptors (Lipinski definition) is 6. The number of hydrogen-bond donors (Lipinski definition) is 0. The maximum Gasteiger partial charge on any atom is 0.517 e. The van der Waals surface area contributed by atoms with E-state index in [2.05, 4.69) is 0 Å². The topological polar surface area (TPSA) is 109 Å². The highest BCUT2D eigenvalue weighted by atomic mass is 127. The fourth-order valence-corrected chi connectivity index (χ4v) is 5.16. The summed E-state index contributed by atoms with van der Waals surface area (Å²) in [5.41, 5.74) is -14.5. The van der Waals surface area contributed by atoms with Gasteiger partial charge in [0.1, 0.15) is 0 Å². The van der Waals surface area contributed by atoms with E-state index in [4.69, 9.17) is 0 Å². The molecule has 0 bridgehead atoms. The molecule has 0 unspecified atom stereocenters. The van der Waals surface area contributed by atoms with Gasteiger partial charge in [0.15, 0.2) is 0 Å². The molecular weight excluding hydrogens is 748 g/mol. The molecule has 2 aromatic carbocycles. The van der Waals surface area contributed by atoms with Gasteiger partial charge in [0.05, 0.1) is 11.4 Å². The van der Waals surface area contributed by atoms with Crippen LogP contribution in [-0.2, 0) is 29.6 Å². The van der Waals surface area contributed by atoms with E-state index in [1.807, 2.05) is 0 Å². The molecule has 0 aliphatic rings. The average molecular weight is 756 g/mol. The minimum atomic E-state index is -6.70. The largest absolute Gasteiger partial charge is 0.517 e. The van der Waals surface area contributed by atoms with Crippen molar-refractivity contribution in [1.82, 2.24) is 0 Å². The number of halogens is 8. The lowest BCUT2D eigenvalue weighted by molar-refractivity contribution is -0.135. The number of sulfonamides is 2. The second-order valence-corrected chi connectivity index (χ2v) is 12.0. The molecule has 8 nitrogen and oxygen atoms in total. The molecule has 18 heteroatoms. The molecule has 0 aliphatic carbocycles.